The average molecular weight is 441 g/mol. The largest absolute Gasteiger partial charge is 0.295 e. The van der Waals surface area contributed by atoms with E-state index in [1.165, 1.54) is 0 Å². The van der Waals surface area contributed by atoms with Gasteiger partial charge in [0.05, 0.1) is 21.8 Å². The molecule has 8 heteroatoms. The van der Waals surface area contributed by atoms with E-state index in [0.29, 0.717) is 48.5 Å². The van der Waals surface area contributed by atoms with Crippen molar-refractivity contribution in [3.63, 3.8) is 0 Å². The molecule has 0 radical (unpaired) electrons. The summed E-state index contributed by atoms with van der Waals surface area (Å²) in [5.74, 6) is 0.741. The van der Waals surface area contributed by atoms with Crippen LogP contribution >= 0.6 is 0 Å². The first-order valence-electron chi connectivity index (χ1n) is 10.7. The Morgan fingerprint density at radius 2 is 1.61 bits per heavy atom. The van der Waals surface area contributed by atoms with Crippen LogP contribution in [0.25, 0.3) is 10.9 Å². The first-order valence-corrected chi connectivity index (χ1v) is 12.2. The van der Waals surface area contributed by atoms with Crippen LogP contribution < -0.4 is 5.56 Å². The van der Waals surface area contributed by atoms with Gasteiger partial charge < -0.3 is 0 Å². The predicted molar refractivity (Wildman–Crippen MR) is 121 cm³/mol. The Labute approximate surface area is 183 Å². The van der Waals surface area contributed by atoms with Crippen molar-refractivity contribution in [2.45, 2.75) is 37.8 Å². The van der Waals surface area contributed by atoms with Gasteiger partial charge >= 0.3 is 0 Å². The summed E-state index contributed by atoms with van der Waals surface area (Å²) in [6, 6.07) is 15.9. The van der Waals surface area contributed by atoms with Gasteiger partial charge in [-0.15, -0.1) is 0 Å². The maximum atomic E-state index is 13.1. The molecule has 4 rings (SSSR count). The zero-order valence-corrected chi connectivity index (χ0v) is 18.8. The molecule has 31 heavy (non-hydrogen) atoms. The lowest BCUT2D eigenvalue weighted by molar-refractivity contribution is 0.138. The van der Waals surface area contributed by atoms with Crippen molar-refractivity contribution in [2.24, 2.45) is 0 Å². The second kappa shape index (κ2) is 8.90. The Hall–Kier alpha value is -2.55. The molecule has 1 unspecified atom stereocenters. The highest BCUT2D eigenvalue weighted by Gasteiger charge is 2.31. The summed E-state index contributed by atoms with van der Waals surface area (Å²) in [4.78, 5) is 20.4. The molecule has 7 nitrogen and oxygen atoms in total. The van der Waals surface area contributed by atoms with Crippen LogP contribution in [0, 0.1) is 0 Å². The minimum absolute atomic E-state index is 0.0143. The Morgan fingerprint density at radius 3 is 2.29 bits per heavy atom. The third kappa shape index (κ3) is 4.15. The molecule has 164 valence electrons. The Bertz CT molecular complexity index is 1220. The number of para-hydroxylation sites is 1. The van der Waals surface area contributed by atoms with Crippen LogP contribution in [0.4, 0.5) is 0 Å². The highest BCUT2D eigenvalue weighted by Crippen LogP contribution is 2.24. The molecule has 0 aliphatic carbocycles. The van der Waals surface area contributed by atoms with Crippen molar-refractivity contribution < 1.29 is 8.42 Å². The lowest BCUT2D eigenvalue weighted by Crippen LogP contribution is -2.49. The second-order valence-corrected chi connectivity index (χ2v) is 9.81. The van der Waals surface area contributed by atoms with Crippen molar-refractivity contribution in [1.29, 1.82) is 0 Å². The molecule has 0 spiro atoms. The molecule has 2 aromatic carbocycles. The highest BCUT2D eigenvalue weighted by atomic mass is 32.2. The lowest BCUT2D eigenvalue weighted by Gasteiger charge is -2.37. The van der Waals surface area contributed by atoms with Crippen LogP contribution in [-0.2, 0) is 16.6 Å². The zero-order chi connectivity index (χ0) is 22.0. The fourth-order valence-electron chi connectivity index (χ4n) is 4.18. The standard InChI is InChI=1S/C23H28N4O3S/c1-3-13-27-22(24-21-12-8-7-11-20(21)23(27)28)18(2)25-14-16-26(17-15-25)31(29,30)19-9-5-4-6-10-19/h4-12,18H,3,13-17H2,1-2H3. The number of hydrogen-bond acceptors (Lipinski definition) is 5. The summed E-state index contributed by atoms with van der Waals surface area (Å²) < 4.78 is 29.1. The van der Waals surface area contributed by atoms with E-state index >= 15 is 0 Å². The summed E-state index contributed by atoms with van der Waals surface area (Å²) >= 11 is 0. The van der Waals surface area contributed by atoms with E-state index in [0.717, 1.165) is 12.2 Å². The molecule has 1 fully saturated rings. The number of fused-ring (bicyclic) bond motifs is 1. The number of hydrogen-bond donors (Lipinski definition) is 0. The van der Waals surface area contributed by atoms with Gasteiger partial charge in [-0.3, -0.25) is 14.3 Å². The van der Waals surface area contributed by atoms with Crippen molar-refractivity contribution >= 4 is 20.9 Å². The van der Waals surface area contributed by atoms with Gasteiger partial charge in [-0.25, -0.2) is 13.4 Å². The van der Waals surface area contributed by atoms with Gasteiger partial charge in [0, 0.05) is 32.7 Å². The van der Waals surface area contributed by atoms with Crippen LogP contribution in [0.15, 0.2) is 64.3 Å². The molecule has 3 aromatic rings. The van der Waals surface area contributed by atoms with Gasteiger partial charge in [-0.2, -0.15) is 4.31 Å². The van der Waals surface area contributed by atoms with Gasteiger partial charge in [-0.05, 0) is 37.6 Å². The normalized spacial score (nSPS) is 17.1. The van der Waals surface area contributed by atoms with E-state index in [-0.39, 0.29) is 11.6 Å². The Morgan fingerprint density at radius 1 is 0.968 bits per heavy atom. The fraction of sp³-hybridized carbons (Fsp3) is 0.391. The molecule has 0 bridgehead atoms. The minimum Gasteiger partial charge on any atom is -0.295 e. The number of aromatic nitrogens is 2. The number of rotatable bonds is 6. The summed E-state index contributed by atoms with van der Waals surface area (Å²) in [5.41, 5.74) is 0.687. The molecule has 0 N–H and O–H groups in total. The summed E-state index contributed by atoms with van der Waals surface area (Å²) in [6.45, 7) is 6.69. The zero-order valence-electron chi connectivity index (χ0n) is 17.9. The van der Waals surface area contributed by atoms with Crippen molar-refractivity contribution in [3.8, 4) is 0 Å². The molecular formula is C23H28N4O3S. The van der Waals surface area contributed by atoms with Crippen LogP contribution in [-0.4, -0.2) is 53.4 Å². The van der Waals surface area contributed by atoms with E-state index in [1.54, 1.807) is 33.1 Å². The molecule has 2 heterocycles. The van der Waals surface area contributed by atoms with Gasteiger partial charge in [-0.1, -0.05) is 37.3 Å². The van der Waals surface area contributed by atoms with Gasteiger partial charge in [0.2, 0.25) is 10.0 Å². The van der Waals surface area contributed by atoms with Gasteiger partial charge in [0.25, 0.3) is 5.56 Å². The van der Waals surface area contributed by atoms with Gasteiger partial charge in [0.15, 0.2) is 0 Å². The van der Waals surface area contributed by atoms with E-state index in [1.807, 2.05) is 44.2 Å². The first-order chi connectivity index (χ1) is 14.9. The molecule has 1 aromatic heterocycles. The maximum Gasteiger partial charge on any atom is 0.261 e. The van der Waals surface area contributed by atoms with Crippen LogP contribution in [0.3, 0.4) is 0 Å². The molecular weight excluding hydrogens is 412 g/mol. The Balaban J connectivity index is 1.58. The monoisotopic (exact) mass is 440 g/mol. The number of piperazine rings is 1. The summed E-state index contributed by atoms with van der Waals surface area (Å²) in [5, 5.41) is 0.630. The lowest BCUT2D eigenvalue weighted by atomic mass is 10.2. The van der Waals surface area contributed by atoms with Crippen molar-refractivity contribution in [1.82, 2.24) is 18.8 Å². The van der Waals surface area contributed by atoms with Crippen molar-refractivity contribution in [2.75, 3.05) is 26.2 Å². The average Bonchev–Trinajstić information content (AvgIpc) is 2.81. The summed E-state index contributed by atoms with van der Waals surface area (Å²) in [7, 11) is -3.49. The van der Waals surface area contributed by atoms with Gasteiger partial charge in [0.1, 0.15) is 5.82 Å². The Kier molecular flexibility index (Phi) is 6.22. The number of benzene rings is 2. The van der Waals surface area contributed by atoms with Crippen LogP contribution in [0.5, 0.6) is 0 Å². The molecule has 0 amide bonds. The highest BCUT2D eigenvalue weighted by molar-refractivity contribution is 7.89. The number of nitrogens with zero attached hydrogens (tertiary/aromatic N) is 4. The maximum absolute atomic E-state index is 13.1. The molecule has 1 atom stereocenters. The smallest absolute Gasteiger partial charge is 0.261 e. The van der Waals surface area contributed by atoms with E-state index in [9.17, 15) is 13.2 Å². The van der Waals surface area contributed by atoms with E-state index < -0.39 is 10.0 Å². The second-order valence-electron chi connectivity index (χ2n) is 7.87. The molecule has 1 aliphatic rings. The fourth-order valence-corrected chi connectivity index (χ4v) is 5.62. The third-order valence-corrected chi connectivity index (χ3v) is 7.83. The van der Waals surface area contributed by atoms with E-state index in [2.05, 4.69) is 4.90 Å². The topological polar surface area (TPSA) is 75.5 Å². The van der Waals surface area contributed by atoms with E-state index in [4.69, 9.17) is 4.98 Å². The molecule has 1 aliphatic heterocycles. The van der Waals surface area contributed by atoms with Crippen LogP contribution in [0.1, 0.15) is 32.1 Å². The van der Waals surface area contributed by atoms with Crippen molar-refractivity contribution in [3.05, 3.63) is 70.8 Å². The predicted octanol–water partition coefficient (Wildman–Crippen LogP) is 2.87. The minimum atomic E-state index is -3.49. The number of sulfonamides is 1. The molecule has 1 saturated heterocycles. The molecule has 0 saturated carbocycles. The van der Waals surface area contributed by atoms with Crippen LogP contribution in [0.2, 0.25) is 0 Å². The SMILES string of the molecule is CCCn1c(C(C)N2CCN(S(=O)(=O)c3ccccc3)CC2)nc2ccccc2c1=O. The third-order valence-electron chi connectivity index (χ3n) is 5.91. The quantitative estimate of drug-likeness (QED) is 0.589. The summed E-state index contributed by atoms with van der Waals surface area (Å²) in [6.07, 6.45) is 0.836. The first kappa shape index (κ1) is 21.7.